The van der Waals surface area contributed by atoms with Crippen LogP contribution < -0.4 is 10.5 Å². The number of ether oxygens (including phenoxy) is 1. The minimum absolute atomic E-state index is 0.689. The largest absolute Gasteiger partial charge is 0.493 e. The van der Waals surface area contributed by atoms with Gasteiger partial charge in [-0.25, -0.2) is 0 Å². The van der Waals surface area contributed by atoms with E-state index < -0.39 is 0 Å². The second-order valence-corrected chi connectivity index (χ2v) is 3.39. The third kappa shape index (κ3) is 3.40. The number of nitrogens with two attached hydrogens (primary N) is 1. The summed E-state index contributed by atoms with van der Waals surface area (Å²) in [5.41, 5.74) is 7.86. The molecule has 0 unspecified atom stereocenters. The molecular formula is C13H19NO. The Morgan fingerprint density at radius 3 is 2.80 bits per heavy atom. The second-order valence-electron chi connectivity index (χ2n) is 3.39. The fraction of sp³-hybridized carbons (Fsp3) is 0.385. The summed E-state index contributed by atoms with van der Waals surface area (Å²) in [5, 5.41) is 0. The van der Waals surface area contributed by atoms with Crippen LogP contribution in [0.4, 0.5) is 0 Å². The van der Waals surface area contributed by atoms with Gasteiger partial charge in [-0.05, 0) is 38.5 Å². The van der Waals surface area contributed by atoms with Crippen LogP contribution in [0.3, 0.4) is 0 Å². The summed E-state index contributed by atoms with van der Waals surface area (Å²) in [7, 11) is 0. The van der Waals surface area contributed by atoms with Gasteiger partial charge in [0.25, 0.3) is 0 Å². The first-order valence-corrected chi connectivity index (χ1v) is 5.38. The van der Waals surface area contributed by atoms with Crippen molar-refractivity contribution in [3.8, 4) is 5.75 Å². The monoisotopic (exact) mass is 205 g/mol. The molecule has 0 atom stereocenters. The average Bonchev–Trinajstić information content (AvgIpc) is 2.27. The van der Waals surface area contributed by atoms with E-state index >= 15 is 0 Å². The molecule has 0 saturated heterocycles. The average molecular weight is 205 g/mol. The van der Waals surface area contributed by atoms with E-state index in [-0.39, 0.29) is 0 Å². The van der Waals surface area contributed by atoms with Crippen LogP contribution in [0.25, 0.3) is 5.57 Å². The Bertz CT molecular complexity index is 331. The topological polar surface area (TPSA) is 35.2 Å². The fourth-order valence-corrected chi connectivity index (χ4v) is 1.48. The molecule has 0 amide bonds. The molecule has 0 aliphatic carbocycles. The third-order valence-corrected chi connectivity index (χ3v) is 2.23. The first-order valence-electron chi connectivity index (χ1n) is 5.38. The summed E-state index contributed by atoms with van der Waals surface area (Å²) >= 11 is 0. The Kier molecular flexibility index (Phi) is 4.91. The molecule has 0 spiro atoms. The summed E-state index contributed by atoms with van der Waals surface area (Å²) in [6, 6.07) is 8.09. The molecule has 1 aromatic rings. The molecule has 0 aromatic heterocycles. The highest BCUT2D eigenvalue weighted by molar-refractivity contribution is 5.68. The van der Waals surface area contributed by atoms with E-state index in [4.69, 9.17) is 10.5 Å². The number of hydrogen-bond donors (Lipinski definition) is 1. The Balaban J connectivity index is 2.91. The third-order valence-electron chi connectivity index (χ3n) is 2.23. The van der Waals surface area contributed by atoms with Crippen molar-refractivity contribution in [3.05, 3.63) is 35.9 Å². The van der Waals surface area contributed by atoms with Gasteiger partial charge in [-0.15, -0.1) is 0 Å². The van der Waals surface area contributed by atoms with Crippen molar-refractivity contribution < 1.29 is 4.74 Å². The van der Waals surface area contributed by atoms with Crippen molar-refractivity contribution >= 4 is 5.57 Å². The molecule has 0 aliphatic heterocycles. The van der Waals surface area contributed by atoms with E-state index in [0.29, 0.717) is 13.2 Å². The number of hydrogen-bond acceptors (Lipinski definition) is 2. The van der Waals surface area contributed by atoms with Crippen LogP contribution in [-0.2, 0) is 0 Å². The van der Waals surface area contributed by atoms with E-state index in [1.54, 1.807) is 0 Å². The van der Waals surface area contributed by atoms with Crippen molar-refractivity contribution in [2.24, 2.45) is 5.73 Å². The SMILES string of the molecule is CCOc1ccccc1C(C)=CCCN. The highest BCUT2D eigenvalue weighted by Crippen LogP contribution is 2.25. The van der Waals surface area contributed by atoms with Crippen molar-refractivity contribution in [1.82, 2.24) is 0 Å². The van der Waals surface area contributed by atoms with E-state index in [2.05, 4.69) is 19.1 Å². The van der Waals surface area contributed by atoms with Gasteiger partial charge in [-0.2, -0.15) is 0 Å². The van der Waals surface area contributed by atoms with Crippen LogP contribution in [0.2, 0.25) is 0 Å². The highest BCUT2D eigenvalue weighted by atomic mass is 16.5. The Morgan fingerprint density at radius 2 is 2.13 bits per heavy atom. The van der Waals surface area contributed by atoms with Gasteiger partial charge < -0.3 is 10.5 Å². The van der Waals surface area contributed by atoms with Gasteiger partial charge in [0.05, 0.1) is 6.61 Å². The van der Waals surface area contributed by atoms with Crippen molar-refractivity contribution in [2.75, 3.05) is 13.2 Å². The Morgan fingerprint density at radius 1 is 1.40 bits per heavy atom. The zero-order valence-electron chi connectivity index (χ0n) is 9.49. The molecule has 0 fully saturated rings. The van der Waals surface area contributed by atoms with Crippen molar-refractivity contribution in [3.63, 3.8) is 0 Å². The summed E-state index contributed by atoms with van der Waals surface area (Å²) in [6.45, 7) is 5.47. The lowest BCUT2D eigenvalue weighted by molar-refractivity contribution is 0.339. The van der Waals surface area contributed by atoms with Crippen LogP contribution in [0.1, 0.15) is 25.8 Å². The smallest absolute Gasteiger partial charge is 0.126 e. The van der Waals surface area contributed by atoms with Crippen LogP contribution in [-0.4, -0.2) is 13.2 Å². The van der Waals surface area contributed by atoms with E-state index in [1.165, 1.54) is 5.57 Å². The molecule has 82 valence electrons. The number of rotatable bonds is 5. The van der Waals surface area contributed by atoms with Crippen LogP contribution in [0.15, 0.2) is 30.3 Å². The standard InChI is InChI=1S/C13H19NO/c1-3-15-13-9-5-4-8-12(13)11(2)7-6-10-14/h4-5,7-9H,3,6,10,14H2,1-2H3. The van der Waals surface area contributed by atoms with Gasteiger partial charge in [0, 0.05) is 5.56 Å². The van der Waals surface area contributed by atoms with Crippen LogP contribution in [0.5, 0.6) is 5.75 Å². The van der Waals surface area contributed by atoms with Gasteiger partial charge in [0.1, 0.15) is 5.75 Å². The zero-order chi connectivity index (χ0) is 11.1. The minimum atomic E-state index is 0.689. The molecule has 2 heteroatoms. The van der Waals surface area contributed by atoms with Gasteiger partial charge in [-0.3, -0.25) is 0 Å². The maximum atomic E-state index is 5.57. The molecule has 15 heavy (non-hydrogen) atoms. The van der Waals surface area contributed by atoms with Gasteiger partial charge >= 0.3 is 0 Å². The van der Waals surface area contributed by atoms with Crippen molar-refractivity contribution in [1.29, 1.82) is 0 Å². The minimum Gasteiger partial charge on any atom is -0.493 e. The van der Waals surface area contributed by atoms with Crippen molar-refractivity contribution in [2.45, 2.75) is 20.3 Å². The predicted octanol–water partition coefficient (Wildman–Crippen LogP) is 2.84. The molecule has 2 N–H and O–H groups in total. The maximum Gasteiger partial charge on any atom is 0.126 e. The van der Waals surface area contributed by atoms with Crippen LogP contribution in [0, 0.1) is 0 Å². The van der Waals surface area contributed by atoms with Gasteiger partial charge in [0.2, 0.25) is 0 Å². The highest BCUT2D eigenvalue weighted by Gasteiger charge is 2.03. The Hall–Kier alpha value is -1.28. The number of para-hydroxylation sites is 1. The van der Waals surface area contributed by atoms with E-state index in [0.717, 1.165) is 17.7 Å². The maximum absolute atomic E-state index is 5.57. The van der Waals surface area contributed by atoms with E-state index in [9.17, 15) is 0 Å². The molecule has 0 aliphatic rings. The van der Waals surface area contributed by atoms with Gasteiger partial charge in [-0.1, -0.05) is 24.3 Å². The molecule has 0 radical (unpaired) electrons. The number of allylic oxidation sites excluding steroid dienone is 1. The first-order chi connectivity index (χ1) is 7.29. The summed E-state index contributed by atoms with van der Waals surface area (Å²) in [4.78, 5) is 0. The molecule has 0 bridgehead atoms. The molecule has 1 aromatic carbocycles. The Labute approximate surface area is 91.7 Å². The molecule has 2 nitrogen and oxygen atoms in total. The molecule has 1 rings (SSSR count). The predicted molar refractivity (Wildman–Crippen MR) is 64.9 cm³/mol. The fourth-order valence-electron chi connectivity index (χ4n) is 1.48. The lowest BCUT2D eigenvalue weighted by atomic mass is 10.1. The molecule has 0 heterocycles. The molecular weight excluding hydrogens is 186 g/mol. The quantitative estimate of drug-likeness (QED) is 0.802. The van der Waals surface area contributed by atoms with Crippen LogP contribution >= 0.6 is 0 Å². The zero-order valence-corrected chi connectivity index (χ0v) is 9.49. The normalized spacial score (nSPS) is 11.5. The second kappa shape index (κ2) is 6.25. The summed E-state index contributed by atoms with van der Waals surface area (Å²) in [6.07, 6.45) is 3.06. The number of benzene rings is 1. The summed E-state index contributed by atoms with van der Waals surface area (Å²) in [5.74, 6) is 0.950. The van der Waals surface area contributed by atoms with Gasteiger partial charge in [0.15, 0.2) is 0 Å². The molecule has 0 saturated carbocycles. The van der Waals surface area contributed by atoms with E-state index in [1.807, 2.05) is 25.1 Å². The first kappa shape index (κ1) is 11.8. The lowest BCUT2D eigenvalue weighted by Crippen LogP contribution is -1.97. The summed E-state index contributed by atoms with van der Waals surface area (Å²) < 4.78 is 5.57. The lowest BCUT2D eigenvalue weighted by Gasteiger charge is -2.10.